The molecule has 4 aromatic carbocycles. The van der Waals surface area contributed by atoms with E-state index in [2.05, 4.69) is 6.92 Å². The normalized spacial score (nSPS) is 11.4. The van der Waals surface area contributed by atoms with Crippen LogP contribution in [-0.4, -0.2) is 21.4 Å². The summed E-state index contributed by atoms with van der Waals surface area (Å²) in [6, 6.07) is 27.8. The smallest absolute Gasteiger partial charge is 0.271 e. The van der Waals surface area contributed by atoms with E-state index in [4.69, 9.17) is 21.1 Å². The van der Waals surface area contributed by atoms with E-state index < -0.39 is 15.9 Å². The minimum Gasteiger partial charge on any atom is -0.493 e. The number of rotatable bonds is 12. The molecule has 0 unspecified atom stereocenters. The lowest BCUT2D eigenvalue weighted by Crippen LogP contribution is -2.35. The Morgan fingerprint density at radius 2 is 1.59 bits per heavy atom. The molecule has 0 saturated carbocycles. The van der Waals surface area contributed by atoms with Crippen molar-refractivity contribution in [1.29, 1.82) is 0 Å². The van der Waals surface area contributed by atoms with Gasteiger partial charge in [0.15, 0.2) is 11.5 Å². The van der Waals surface area contributed by atoms with Crippen LogP contribution in [0.25, 0.3) is 6.08 Å². The van der Waals surface area contributed by atoms with E-state index in [0.717, 1.165) is 34.7 Å². The highest BCUT2D eigenvalue weighted by molar-refractivity contribution is 7.93. The average Bonchev–Trinajstić information content (AvgIpc) is 2.99. The summed E-state index contributed by atoms with van der Waals surface area (Å²) in [6.07, 6.45) is 5.73. The first-order chi connectivity index (χ1) is 19.8. The second-order valence-electron chi connectivity index (χ2n) is 9.35. The van der Waals surface area contributed by atoms with Crippen LogP contribution in [-0.2, 0) is 27.8 Å². The Morgan fingerprint density at radius 1 is 0.878 bits per heavy atom. The molecule has 0 aromatic heterocycles. The zero-order chi connectivity index (χ0) is 29.2. The van der Waals surface area contributed by atoms with Gasteiger partial charge < -0.3 is 9.47 Å². The Hall–Kier alpha value is -4.07. The summed E-state index contributed by atoms with van der Waals surface area (Å²) in [4.78, 5) is 13.5. The first-order valence-corrected chi connectivity index (χ1v) is 15.1. The number of methoxy groups -OCH3 is 1. The van der Waals surface area contributed by atoms with Gasteiger partial charge in [-0.1, -0.05) is 73.5 Å². The maximum Gasteiger partial charge on any atom is 0.271 e. The maximum absolute atomic E-state index is 13.7. The molecule has 0 aliphatic rings. The molecule has 41 heavy (non-hydrogen) atoms. The molecule has 6 nitrogen and oxygen atoms in total. The van der Waals surface area contributed by atoms with E-state index in [0.29, 0.717) is 28.7 Å². The standard InChI is InChI=1S/C33H32ClNO5S/c1-3-4-8-25-11-17-29(18-12-25)35(41(37,38)30-19-15-28(34)16-20-30)33(36)22-14-26-13-21-31(32(23-26)39-2)40-24-27-9-6-5-7-10-27/h5-7,9-23H,3-4,8,24H2,1-2H3/b22-14+. The maximum atomic E-state index is 13.7. The highest BCUT2D eigenvalue weighted by atomic mass is 35.5. The van der Waals surface area contributed by atoms with Gasteiger partial charge in [0.05, 0.1) is 17.7 Å². The highest BCUT2D eigenvalue weighted by Crippen LogP contribution is 2.30. The van der Waals surface area contributed by atoms with E-state index in [9.17, 15) is 13.2 Å². The van der Waals surface area contributed by atoms with Crippen molar-refractivity contribution < 1.29 is 22.7 Å². The minimum atomic E-state index is -4.23. The summed E-state index contributed by atoms with van der Waals surface area (Å²) in [6.45, 7) is 2.49. The number of aryl methyl sites for hydroxylation is 1. The summed E-state index contributed by atoms with van der Waals surface area (Å²) < 4.78 is 39.6. The molecule has 0 spiro atoms. The van der Waals surface area contributed by atoms with Crippen molar-refractivity contribution in [3.8, 4) is 11.5 Å². The van der Waals surface area contributed by atoms with Gasteiger partial charge in [0.25, 0.3) is 15.9 Å². The van der Waals surface area contributed by atoms with Crippen LogP contribution >= 0.6 is 11.6 Å². The quantitative estimate of drug-likeness (QED) is 0.158. The fourth-order valence-corrected chi connectivity index (χ4v) is 5.67. The van der Waals surface area contributed by atoms with Crippen molar-refractivity contribution in [2.75, 3.05) is 11.4 Å². The van der Waals surface area contributed by atoms with E-state index in [1.54, 1.807) is 36.4 Å². The lowest BCUT2D eigenvalue weighted by molar-refractivity contribution is -0.113. The van der Waals surface area contributed by atoms with Gasteiger partial charge in [-0.3, -0.25) is 4.79 Å². The number of ether oxygens (including phenoxy) is 2. The third kappa shape index (κ3) is 7.78. The summed E-state index contributed by atoms with van der Waals surface area (Å²) in [7, 11) is -2.69. The summed E-state index contributed by atoms with van der Waals surface area (Å²) in [5.74, 6) is 0.323. The molecule has 0 heterocycles. The van der Waals surface area contributed by atoms with Crippen molar-refractivity contribution in [2.45, 2.75) is 37.7 Å². The van der Waals surface area contributed by atoms with E-state index in [-0.39, 0.29) is 10.6 Å². The van der Waals surface area contributed by atoms with Crippen molar-refractivity contribution in [2.24, 2.45) is 0 Å². The molecule has 4 rings (SSSR count). The molecule has 8 heteroatoms. The molecule has 0 radical (unpaired) electrons. The predicted octanol–water partition coefficient (Wildman–Crippen LogP) is 7.71. The van der Waals surface area contributed by atoms with Crippen LogP contribution in [0.3, 0.4) is 0 Å². The van der Waals surface area contributed by atoms with Crippen LogP contribution in [0.1, 0.15) is 36.5 Å². The zero-order valence-corrected chi connectivity index (χ0v) is 24.6. The fourth-order valence-electron chi connectivity index (χ4n) is 4.15. The Morgan fingerprint density at radius 3 is 2.24 bits per heavy atom. The van der Waals surface area contributed by atoms with Crippen LogP contribution in [0.4, 0.5) is 5.69 Å². The fraction of sp³-hybridized carbons (Fsp3) is 0.182. The van der Waals surface area contributed by atoms with Crippen molar-refractivity contribution in [3.63, 3.8) is 0 Å². The van der Waals surface area contributed by atoms with Gasteiger partial charge in [0, 0.05) is 11.1 Å². The number of benzene rings is 4. The molecule has 212 valence electrons. The van der Waals surface area contributed by atoms with Crippen molar-refractivity contribution in [1.82, 2.24) is 0 Å². The molecule has 0 saturated heterocycles. The summed E-state index contributed by atoms with van der Waals surface area (Å²) in [5.41, 5.74) is 2.98. The Balaban J connectivity index is 1.60. The SMILES string of the molecule is CCCCc1ccc(N(C(=O)/C=C/c2ccc(OCc3ccccc3)c(OC)c2)S(=O)(=O)c2ccc(Cl)cc2)cc1. The van der Waals surface area contributed by atoms with Crippen molar-refractivity contribution >= 4 is 39.3 Å². The topological polar surface area (TPSA) is 72.9 Å². The number of carbonyl (C=O) groups is 1. The summed E-state index contributed by atoms with van der Waals surface area (Å²) in [5, 5.41) is 0.396. The third-order valence-electron chi connectivity index (χ3n) is 6.39. The molecule has 0 aliphatic heterocycles. The first kappa shape index (κ1) is 29.9. The molecule has 0 fully saturated rings. The number of carbonyl (C=O) groups excluding carboxylic acids is 1. The number of unbranched alkanes of at least 4 members (excludes halogenated alkanes) is 1. The monoisotopic (exact) mass is 589 g/mol. The molecule has 0 atom stereocenters. The number of hydrogen-bond acceptors (Lipinski definition) is 5. The number of nitrogens with zero attached hydrogens (tertiary/aromatic N) is 1. The Bertz CT molecular complexity index is 1590. The van der Waals surface area contributed by atoms with E-state index in [1.807, 2.05) is 42.5 Å². The number of sulfonamides is 1. The van der Waals surface area contributed by atoms with Gasteiger partial charge >= 0.3 is 0 Å². The zero-order valence-electron chi connectivity index (χ0n) is 23.0. The van der Waals surface area contributed by atoms with Crippen LogP contribution in [0, 0.1) is 0 Å². The van der Waals surface area contributed by atoms with Crippen LogP contribution in [0.2, 0.25) is 5.02 Å². The van der Waals surface area contributed by atoms with Crippen LogP contribution < -0.4 is 13.8 Å². The van der Waals surface area contributed by atoms with Crippen LogP contribution in [0.15, 0.2) is 108 Å². The number of halogens is 1. The predicted molar refractivity (Wildman–Crippen MR) is 164 cm³/mol. The van der Waals surface area contributed by atoms with Crippen molar-refractivity contribution in [3.05, 3.63) is 125 Å². The molecule has 0 N–H and O–H groups in total. The largest absolute Gasteiger partial charge is 0.493 e. The van der Waals surface area contributed by atoms with E-state index in [1.165, 1.54) is 37.5 Å². The average molecular weight is 590 g/mol. The first-order valence-electron chi connectivity index (χ1n) is 13.3. The van der Waals surface area contributed by atoms with Crippen LogP contribution in [0.5, 0.6) is 11.5 Å². The van der Waals surface area contributed by atoms with Gasteiger partial charge in [-0.15, -0.1) is 0 Å². The second-order valence-corrected chi connectivity index (χ2v) is 11.6. The lowest BCUT2D eigenvalue weighted by Gasteiger charge is -2.22. The minimum absolute atomic E-state index is 0.0414. The van der Waals surface area contributed by atoms with Gasteiger partial charge in [0.1, 0.15) is 6.61 Å². The Kier molecular flexibility index (Phi) is 10.2. The number of amides is 1. The number of hydrogen-bond donors (Lipinski definition) is 0. The van der Waals surface area contributed by atoms with E-state index >= 15 is 0 Å². The molecule has 1 amide bonds. The molecule has 0 bridgehead atoms. The second kappa shape index (κ2) is 14.0. The number of anilines is 1. The highest BCUT2D eigenvalue weighted by Gasteiger charge is 2.29. The third-order valence-corrected chi connectivity index (χ3v) is 8.38. The van der Waals surface area contributed by atoms with Gasteiger partial charge in [0.2, 0.25) is 0 Å². The molecular formula is C33H32ClNO5S. The van der Waals surface area contributed by atoms with Gasteiger partial charge in [-0.25, -0.2) is 8.42 Å². The van der Waals surface area contributed by atoms with Gasteiger partial charge in [-0.05, 0) is 84.1 Å². The molecular weight excluding hydrogens is 558 g/mol. The summed E-state index contributed by atoms with van der Waals surface area (Å²) >= 11 is 5.98. The molecule has 4 aromatic rings. The molecule has 0 aliphatic carbocycles. The van der Waals surface area contributed by atoms with Gasteiger partial charge in [-0.2, -0.15) is 4.31 Å². The Labute approximate surface area is 246 Å². The lowest BCUT2D eigenvalue weighted by atomic mass is 10.1.